The zero-order valence-electron chi connectivity index (χ0n) is 16.6. The molecule has 3 aromatic heterocycles. The highest BCUT2D eigenvalue weighted by atomic mass is 16.2. The highest BCUT2D eigenvalue weighted by molar-refractivity contribution is 6.09. The van der Waals surface area contributed by atoms with Crippen LogP contribution in [0.3, 0.4) is 0 Å². The summed E-state index contributed by atoms with van der Waals surface area (Å²) in [6.45, 7) is 6.61. The molecular weight excluding hydrogens is 360 g/mol. The van der Waals surface area contributed by atoms with Gasteiger partial charge in [0.15, 0.2) is 0 Å². The Bertz CT molecular complexity index is 1030. The molecule has 2 N–H and O–H groups in total. The molecule has 0 atom stereocenters. The van der Waals surface area contributed by atoms with Gasteiger partial charge in [-0.05, 0) is 20.8 Å². The highest BCUT2D eigenvalue weighted by Crippen LogP contribution is 2.19. The molecule has 0 saturated carbocycles. The summed E-state index contributed by atoms with van der Waals surface area (Å²) < 4.78 is 4.87. The largest absolute Gasteiger partial charge is 0.346 e. The van der Waals surface area contributed by atoms with E-state index in [-0.39, 0.29) is 17.5 Å². The number of hydrogen-bond donors (Lipinski definition) is 2. The van der Waals surface area contributed by atoms with Crippen molar-refractivity contribution in [2.45, 2.75) is 33.9 Å². The van der Waals surface area contributed by atoms with Gasteiger partial charge in [-0.1, -0.05) is 0 Å². The molecule has 0 fully saturated rings. The average Bonchev–Trinajstić information content (AvgIpc) is 3.30. The summed E-state index contributed by atoms with van der Waals surface area (Å²) in [7, 11) is 3.46. The molecule has 0 radical (unpaired) electrons. The van der Waals surface area contributed by atoms with Crippen molar-refractivity contribution in [3.63, 3.8) is 0 Å². The van der Waals surface area contributed by atoms with Crippen molar-refractivity contribution in [3.05, 3.63) is 46.8 Å². The van der Waals surface area contributed by atoms with Crippen LogP contribution in [-0.2, 0) is 27.2 Å². The van der Waals surface area contributed by atoms with Gasteiger partial charge >= 0.3 is 0 Å². The Labute approximate surface area is 162 Å². The molecule has 0 unspecified atom stereocenters. The number of nitrogens with one attached hydrogen (secondary N) is 2. The standard InChI is InChI=1S/C18H24N8O2/c1-6-26-12(3)15(11(2)23-26)17(27)22-14-9-21-25(5)16(14)18(28)19-7-13-8-20-24(4)10-13/h8-10H,6-7H2,1-5H3,(H,19,28)(H,22,27). The number of aromatic nitrogens is 6. The van der Waals surface area contributed by atoms with Gasteiger partial charge in [-0.25, -0.2) is 0 Å². The summed E-state index contributed by atoms with van der Waals surface area (Å²) in [5.74, 6) is -0.652. The predicted octanol–water partition coefficient (Wildman–Crippen LogP) is 1.17. The van der Waals surface area contributed by atoms with Gasteiger partial charge in [-0.15, -0.1) is 0 Å². The second kappa shape index (κ2) is 7.67. The first-order valence-electron chi connectivity index (χ1n) is 8.94. The maximum absolute atomic E-state index is 12.8. The fourth-order valence-corrected chi connectivity index (χ4v) is 3.15. The van der Waals surface area contributed by atoms with Crippen molar-refractivity contribution in [1.82, 2.24) is 34.7 Å². The van der Waals surface area contributed by atoms with Gasteiger partial charge in [-0.2, -0.15) is 15.3 Å². The van der Waals surface area contributed by atoms with Crippen molar-refractivity contribution in [1.29, 1.82) is 0 Å². The Morgan fingerprint density at radius 3 is 2.46 bits per heavy atom. The summed E-state index contributed by atoms with van der Waals surface area (Å²) in [5.41, 5.74) is 3.43. The molecule has 28 heavy (non-hydrogen) atoms. The topological polar surface area (TPSA) is 112 Å². The zero-order valence-corrected chi connectivity index (χ0v) is 16.6. The summed E-state index contributed by atoms with van der Waals surface area (Å²) in [5, 5.41) is 18.2. The molecule has 0 aliphatic rings. The van der Waals surface area contributed by atoms with Crippen LogP contribution in [0, 0.1) is 13.8 Å². The van der Waals surface area contributed by atoms with Crippen molar-refractivity contribution in [3.8, 4) is 0 Å². The first-order valence-corrected chi connectivity index (χ1v) is 8.94. The molecule has 148 valence electrons. The molecule has 3 rings (SSSR count). The van der Waals surface area contributed by atoms with Gasteiger partial charge in [0.05, 0.1) is 29.3 Å². The second-order valence-electron chi connectivity index (χ2n) is 6.55. The number of aryl methyl sites for hydroxylation is 4. The number of hydrogen-bond acceptors (Lipinski definition) is 5. The van der Waals surface area contributed by atoms with Crippen LogP contribution >= 0.6 is 0 Å². The Hall–Kier alpha value is -3.43. The Morgan fingerprint density at radius 1 is 1.11 bits per heavy atom. The summed E-state index contributed by atoms with van der Waals surface area (Å²) in [6.07, 6.45) is 4.97. The lowest BCUT2D eigenvalue weighted by atomic mass is 10.2. The molecule has 3 aromatic rings. The Kier molecular flexibility index (Phi) is 5.30. The van der Waals surface area contributed by atoms with Crippen molar-refractivity contribution >= 4 is 17.5 Å². The smallest absolute Gasteiger partial charge is 0.271 e. The highest BCUT2D eigenvalue weighted by Gasteiger charge is 2.23. The molecule has 10 heteroatoms. The lowest BCUT2D eigenvalue weighted by molar-refractivity contribution is 0.0942. The normalized spacial score (nSPS) is 10.9. The van der Waals surface area contributed by atoms with Gasteiger partial charge in [0.1, 0.15) is 5.69 Å². The fraction of sp³-hybridized carbons (Fsp3) is 0.389. The maximum atomic E-state index is 12.8. The van der Waals surface area contributed by atoms with E-state index in [1.807, 2.05) is 27.1 Å². The van der Waals surface area contributed by atoms with E-state index < -0.39 is 0 Å². The maximum Gasteiger partial charge on any atom is 0.271 e. The second-order valence-corrected chi connectivity index (χ2v) is 6.55. The fourth-order valence-electron chi connectivity index (χ4n) is 3.15. The van der Waals surface area contributed by atoms with E-state index in [9.17, 15) is 9.59 Å². The van der Waals surface area contributed by atoms with Crippen LogP contribution < -0.4 is 10.6 Å². The minimum atomic E-state index is -0.336. The first kappa shape index (κ1) is 19.3. The summed E-state index contributed by atoms with van der Waals surface area (Å²) in [4.78, 5) is 25.5. The number of carbonyl (C=O) groups excluding carboxylic acids is 2. The quantitative estimate of drug-likeness (QED) is 0.663. The third-order valence-electron chi connectivity index (χ3n) is 4.52. The van der Waals surface area contributed by atoms with Gasteiger partial charge in [0.25, 0.3) is 11.8 Å². The van der Waals surface area contributed by atoms with Gasteiger partial charge in [0, 0.05) is 44.6 Å². The van der Waals surface area contributed by atoms with Gasteiger partial charge in [0.2, 0.25) is 0 Å². The van der Waals surface area contributed by atoms with Crippen molar-refractivity contribution in [2.24, 2.45) is 14.1 Å². The summed E-state index contributed by atoms with van der Waals surface area (Å²) >= 11 is 0. The molecular formula is C18H24N8O2. The van der Waals surface area contributed by atoms with Crippen LogP contribution in [0.15, 0.2) is 18.6 Å². The SMILES string of the molecule is CCn1nc(C)c(C(=O)Nc2cnn(C)c2C(=O)NCc2cnn(C)c2)c1C. The third kappa shape index (κ3) is 3.66. The van der Waals surface area contributed by atoms with Crippen molar-refractivity contribution in [2.75, 3.05) is 5.32 Å². The van der Waals surface area contributed by atoms with E-state index in [0.717, 1.165) is 11.3 Å². The lowest BCUT2D eigenvalue weighted by Crippen LogP contribution is -2.27. The van der Waals surface area contributed by atoms with Gasteiger partial charge < -0.3 is 10.6 Å². The van der Waals surface area contributed by atoms with Crippen molar-refractivity contribution < 1.29 is 9.59 Å². The molecule has 10 nitrogen and oxygen atoms in total. The molecule has 0 aromatic carbocycles. The minimum absolute atomic E-state index is 0.274. The zero-order chi connectivity index (χ0) is 20.4. The van der Waals surface area contributed by atoms with Crippen LogP contribution in [0.25, 0.3) is 0 Å². The number of rotatable bonds is 6. The molecule has 2 amide bonds. The van der Waals surface area contributed by atoms with E-state index in [1.165, 1.54) is 10.9 Å². The first-order chi connectivity index (χ1) is 13.3. The summed E-state index contributed by atoms with van der Waals surface area (Å²) in [6, 6.07) is 0. The predicted molar refractivity (Wildman–Crippen MR) is 103 cm³/mol. The van der Waals surface area contributed by atoms with E-state index >= 15 is 0 Å². The molecule has 0 spiro atoms. The lowest BCUT2D eigenvalue weighted by Gasteiger charge is -2.09. The van der Waals surface area contributed by atoms with E-state index in [2.05, 4.69) is 25.9 Å². The molecule has 0 bridgehead atoms. The van der Waals surface area contributed by atoms with Crippen LogP contribution in [0.4, 0.5) is 5.69 Å². The van der Waals surface area contributed by atoms with Crippen LogP contribution in [0.1, 0.15) is 44.7 Å². The minimum Gasteiger partial charge on any atom is -0.346 e. The molecule has 3 heterocycles. The molecule has 0 aliphatic heterocycles. The van der Waals surface area contributed by atoms with Crippen LogP contribution in [0.5, 0.6) is 0 Å². The van der Waals surface area contributed by atoms with E-state index in [0.29, 0.717) is 30.0 Å². The Balaban J connectivity index is 1.78. The average molecular weight is 384 g/mol. The number of amides is 2. The van der Waals surface area contributed by atoms with Crippen LogP contribution in [0.2, 0.25) is 0 Å². The van der Waals surface area contributed by atoms with Crippen LogP contribution in [-0.4, -0.2) is 41.2 Å². The molecule has 0 aliphatic carbocycles. The van der Waals surface area contributed by atoms with Gasteiger partial charge in [-0.3, -0.25) is 23.6 Å². The number of carbonyl (C=O) groups is 2. The van der Waals surface area contributed by atoms with E-state index in [1.54, 1.807) is 29.5 Å². The number of anilines is 1. The molecule has 0 saturated heterocycles. The Morgan fingerprint density at radius 2 is 1.86 bits per heavy atom. The number of nitrogens with zero attached hydrogens (tertiary/aromatic N) is 6. The monoisotopic (exact) mass is 384 g/mol. The third-order valence-corrected chi connectivity index (χ3v) is 4.52. The van der Waals surface area contributed by atoms with E-state index in [4.69, 9.17) is 0 Å².